The highest BCUT2D eigenvalue weighted by molar-refractivity contribution is 5.11. The van der Waals surface area contributed by atoms with Crippen LogP contribution in [0.2, 0.25) is 0 Å². The summed E-state index contributed by atoms with van der Waals surface area (Å²) in [6.45, 7) is 0. The van der Waals surface area contributed by atoms with E-state index in [-0.39, 0.29) is 0 Å². The molecule has 0 aliphatic carbocycles. The zero-order valence-electron chi connectivity index (χ0n) is 8.22. The number of nitrogens with zero attached hydrogens (tertiary/aromatic N) is 2. The highest BCUT2D eigenvalue weighted by atomic mass is 19.4. The maximum atomic E-state index is 11.7. The van der Waals surface area contributed by atoms with E-state index in [1.165, 1.54) is 12.3 Å². The van der Waals surface area contributed by atoms with E-state index in [9.17, 15) is 13.2 Å². The monoisotopic (exact) mass is 226 g/mol. The summed E-state index contributed by atoms with van der Waals surface area (Å²) < 4.78 is 35.2. The van der Waals surface area contributed by atoms with Gasteiger partial charge in [0.1, 0.15) is 0 Å². The topological polar surface area (TPSA) is 25.8 Å². The molecule has 84 valence electrons. The van der Waals surface area contributed by atoms with E-state index < -0.39 is 11.7 Å². The fourth-order valence-corrected chi connectivity index (χ4v) is 0.843. The van der Waals surface area contributed by atoms with Crippen molar-refractivity contribution < 1.29 is 13.2 Å². The third-order valence-electron chi connectivity index (χ3n) is 1.56. The minimum atomic E-state index is -4.27. The largest absolute Gasteiger partial charge is 0.417 e. The molecule has 2 aromatic heterocycles. The molecule has 0 aromatic carbocycles. The standard InChI is InChI=1S/C6H4F3N.C5H5N/c7-6(8,9)5-2-1-3-10-4-5;1-2-4-6-5-3-1/h1-4H;1-5H. The van der Waals surface area contributed by atoms with Crippen LogP contribution in [0.25, 0.3) is 0 Å². The van der Waals surface area contributed by atoms with Crippen molar-refractivity contribution in [1.29, 1.82) is 0 Å². The minimum absolute atomic E-state index is 0.713. The van der Waals surface area contributed by atoms with E-state index >= 15 is 0 Å². The van der Waals surface area contributed by atoms with Crippen LogP contribution in [0.15, 0.2) is 55.1 Å². The quantitative estimate of drug-likeness (QED) is 0.689. The number of hydrogen-bond donors (Lipinski definition) is 0. The first kappa shape index (κ1) is 12.2. The molecule has 5 heteroatoms. The zero-order chi connectivity index (χ0) is 11.9. The normalized spacial score (nSPS) is 10.2. The minimum Gasteiger partial charge on any atom is -0.265 e. The van der Waals surface area contributed by atoms with Crippen molar-refractivity contribution in [3.8, 4) is 0 Å². The number of hydrogen-bond acceptors (Lipinski definition) is 2. The molecule has 2 rings (SSSR count). The van der Waals surface area contributed by atoms with Crippen molar-refractivity contribution in [2.75, 3.05) is 0 Å². The lowest BCUT2D eigenvalue weighted by molar-refractivity contribution is -0.137. The van der Waals surface area contributed by atoms with Crippen LogP contribution in [0.5, 0.6) is 0 Å². The van der Waals surface area contributed by atoms with Crippen LogP contribution in [-0.2, 0) is 6.18 Å². The van der Waals surface area contributed by atoms with Crippen LogP contribution in [0, 0.1) is 0 Å². The predicted molar refractivity (Wildman–Crippen MR) is 53.5 cm³/mol. The van der Waals surface area contributed by atoms with Gasteiger partial charge in [0.25, 0.3) is 0 Å². The molecule has 0 atom stereocenters. The summed E-state index contributed by atoms with van der Waals surface area (Å²) in [7, 11) is 0. The molecule has 0 aliphatic rings. The Kier molecular flexibility index (Phi) is 4.44. The van der Waals surface area contributed by atoms with Gasteiger partial charge in [0.15, 0.2) is 0 Å². The van der Waals surface area contributed by atoms with Gasteiger partial charge < -0.3 is 0 Å². The summed E-state index contributed by atoms with van der Waals surface area (Å²) >= 11 is 0. The van der Waals surface area contributed by atoms with Gasteiger partial charge in [0.2, 0.25) is 0 Å². The molecule has 0 saturated carbocycles. The third-order valence-corrected chi connectivity index (χ3v) is 1.56. The Bertz CT molecular complexity index is 360. The van der Waals surface area contributed by atoms with E-state index in [4.69, 9.17) is 0 Å². The van der Waals surface area contributed by atoms with Crippen LogP contribution in [0.3, 0.4) is 0 Å². The summed E-state index contributed by atoms with van der Waals surface area (Å²) in [6.07, 6.45) is 1.32. The molecule has 0 saturated heterocycles. The van der Waals surface area contributed by atoms with Crippen molar-refractivity contribution in [2.45, 2.75) is 6.18 Å². The number of pyridine rings is 2. The number of rotatable bonds is 0. The number of aromatic nitrogens is 2. The van der Waals surface area contributed by atoms with Crippen LogP contribution >= 0.6 is 0 Å². The Morgan fingerprint density at radius 2 is 1.44 bits per heavy atom. The molecule has 2 aromatic rings. The van der Waals surface area contributed by atoms with Gasteiger partial charge in [0, 0.05) is 24.8 Å². The molecular weight excluding hydrogens is 217 g/mol. The first-order chi connectivity index (χ1) is 7.61. The van der Waals surface area contributed by atoms with Crippen molar-refractivity contribution in [3.63, 3.8) is 0 Å². The van der Waals surface area contributed by atoms with Gasteiger partial charge in [-0.2, -0.15) is 13.2 Å². The van der Waals surface area contributed by atoms with E-state index in [0.29, 0.717) is 0 Å². The molecule has 2 heterocycles. The lowest BCUT2D eigenvalue weighted by atomic mass is 10.3. The van der Waals surface area contributed by atoms with Crippen molar-refractivity contribution in [2.24, 2.45) is 0 Å². The smallest absolute Gasteiger partial charge is 0.265 e. The van der Waals surface area contributed by atoms with E-state index in [1.807, 2.05) is 18.2 Å². The zero-order valence-corrected chi connectivity index (χ0v) is 8.22. The molecule has 0 aliphatic heterocycles. The summed E-state index contributed by atoms with van der Waals surface area (Å²) in [5.74, 6) is 0. The first-order valence-electron chi connectivity index (χ1n) is 4.43. The van der Waals surface area contributed by atoms with Crippen molar-refractivity contribution in [1.82, 2.24) is 9.97 Å². The summed E-state index contributed by atoms with van der Waals surface area (Å²) in [5, 5.41) is 0. The lowest BCUT2D eigenvalue weighted by Crippen LogP contribution is -2.04. The molecule has 0 fully saturated rings. The number of halogens is 3. The molecule has 0 radical (unpaired) electrons. The predicted octanol–water partition coefficient (Wildman–Crippen LogP) is 3.18. The van der Waals surface area contributed by atoms with E-state index in [0.717, 1.165) is 12.3 Å². The van der Waals surface area contributed by atoms with Gasteiger partial charge >= 0.3 is 6.18 Å². The van der Waals surface area contributed by atoms with E-state index in [1.54, 1.807) is 12.4 Å². The maximum Gasteiger partial charge on any atom is 0.417 e. The van der Waals surface area contributed by atoms with Crippen molar-refractivity contribution in [3.05, 3.63) is 60.7 Å². The highest BCUT2D eigenvalue weighted by Gasteiger charge is 2.30. The first-order valence-corrected chi connectivity index (χ1v) is 4.43. The van der Waals surface area contributed by atoms with Crippen molar-refractivity contribution >= 4 is 0 Å². The Labute approximate surface area is 90.8 Å². The van der Waals surface area contributed by atoms with Gasteiger partial charge in [-0.25, -0.2) is 0 Å². The Balaban J connectivity index is 0.000000181. The van der Waals surface area contributed by atoms with Gasteiger partial charge in [-0.15, -0.1) is 0 Å². The Morgan fingerprint density at radius 1 is 0.812 bits per heavy atom. The third kappa shape index (κ3) is 4.54. The van der Waals surface area contributed by atoms with E-state index in [2.05, 4.69) is 9.97 Å². The highest BCUT2D eigenvalue weighted by Crippen LogP contribution is 2.27. The fourth-order valence-electron chi connectivity index (χ4n) is 0.843. The van der Waals surface area contributed by atoms with Crippen LogP contribution < -0.4 is 0 Å². The molecule has 2 nitrogen and oxygen atoms in total. The summed E-state index contributed by atoms with van der Waals surface area (Å²) in [4.78, 5) is 7.12. The molecule has 0 N–H and O–H groups in total. The maximum absolute atomic E-state index is 11.7. The molecule has 16 heavy (non-hydrogen) atoms. The van der Waals surface area contributed by atoms with Gasteiger partial charge in [-0.05, 0) is 24.3 Å². The van der Waals surface area contributed by atoms with Crippen LogP contribution in [0.4, 0.5) is 13.2 Å². The molecule has 0 amide bonds. The van der Waals surface area contributed by atoms with Gasteiger partial charge in [-0.1, -0.05) is 6.07 Å². The number of alkyl halides is 3. The average Bonchev–Trinajstić information content (AvgIpc) is 2.32. The molecule has 0 bridgehead atoms. The molecule has 0 unspecified atom stereocenters. The molecule has 0 spiro atoms. The second-order valence-electron chi connectivity index (χ2n) is 2.76. The average molecular weight is 226 g/mol. The Hall–Kier alpha value is -1.91. The van der Waals surface area contributed by atoms with Gasteiger partial charge in [-0.3, -0.25) is 9.97 Å². The summed E-state index contributed by atoms with van der Waals surface area (Å²) in [6, 6.07) is 7.95. The fraction of sp³-hybridized carbons (Fsp3) is 0.0909. The van der Waals surface area contributed by atoms with Crippen LogP contribution in [0.1, 0.15) is 5.56 Å². The lowest BCUT2D eigenvalue weighted by Gasteiger charge is -2.03. The van der Waals surface area contributed by atoms with Gasteiger partial charge in [0.05, 0.1) is 5.56 Å². The SMILES string of the molecule is FC(F)(F)c1cccnc1.c1ccncc1. The second-order valence-corrected chi connectivity index (χ2v) is 2.76. The van der Waals surface area contributed by atoms with Crippen LogP contribution in [-0.4, -0.2) is 9.97 Å². The summed E-state index contributed by atoms with van der Waals surface area (Å²) in [5.41, 5.74) is -0.713. The molecular formula is C11H9F3N2. The second kappa shape index (κ2) is 5.85. The Morgan fingerprint density at radius 3 is 1.69 bits per heavy atom.